The molecule has 10 heteroatoms. The highest BCUT2D eigenvalue weighted by Gasteiger charge is 2.34. The Balaban J connectivity index is 1.77. The molecule has 3 rings (SSSR count). The van der Waals surface area contributed by atoms with Gasteiger partial charge in [-0.3, -0.25) is 9.59 Å². The first-order chi connectivity index (χ1) is 13.7. The smallest absolute Gasteiger partial charge is 0.329 e. The number of carbonyl (C=O) groups is 3. The van der Waals surface area contributed by atoms with Crippen LogP contribution in [-0.4, -0.2) is 34.5 Å². The molecule has 0 aromatic heterocycles. The van der Waals surface area contributed by atoms with Gasteiger partial charge < -0.3 is 15.2 Å². The van der Waals surface area contributed by atoms with Gasteiger partial charge in [-0.05, 0) is 73.3 Å². The zero-order chi connectivity index (χ0) is 21.1. The molecule has 1 heterocycles. The number of ether oxygens (including phenoxy) is 1. The molecule has 2 aromatic rings. The first kappa shape index (κ1) is 21.4. The predicted molar refractivity (Wildman–Crippen MR) is 113 cm³/mol. The van der Waals surface area contributed by atoms with E-state index in [9.17, 15) is 14.4 Å². The number of urea groups is 1. The second kappa shape index (κ2) is 8.98. The van der Waals surface area contributed by atoms with Crippen molar-refractivity contribution in [1.29, 1.82) is 0 Å². The van der Waals surface area contributed by atoms with E-state index in [-0.39, 0.29) is 5.70 Å². The zero-order valence-electron chi connectivity index (χ0n) is 14.6. The number of hydrogen-bond acceptors (Lipinski definition) is 4. The quantitative estimate of drug-likeness (QED) is 0.415. The Labute approximate surface area is 187 Å². The summed E-state index contributed by atoms with van der Waals surface area (Å²) in [4.78, 5) is 35.4. The Morgan fingerprint density at radius 3 is 2.38 bits per heavy atom. The average molecular weight is 545 g/mol. The van der Waals surface area contributed by atoms with Gasteiger partial charge in [-0.25, -0.2) is 9.69 Å². The molecule has 0 spiro atoms. The van der Waals surface area contributed by atoms with Crippen molar-refractivity contribution in [2.24, 2.45) is 0 Å². The summed E-state index contributed by atoms with van der Waals surface area (Å²) in [6.07, 6.45) is 1.46. The highest BCUT2D eigenvalue weighted by atomic mass is 79.9. The van der Waals surface area contributed by atoms with Crippen molar-refractivity contribution >= 4 is 67.4 Å². The number of halogens is 3. The first-order valence-electron chi connectivity index (χ1n) is 8.17. The Hall–Kier alpha value is -2.36. The minimum atomic E-state index is -1.28. The summed E-state index contributed by atoms with van der Waals surface area (Å²) in [5.41, 5.74) is 1.53. The monoisotopic (exact) mass is 542 g/mol. The normalized spacial score (nSPS) is 15.0. The highest BCUT2D eigenvalue weighted by Crippen LogP contribution is 2.36. The minimum Gasteiger partial charge on any atom is -0.487 e. The first-order valence-corrected chi connectivity index (χ1v) is 10.1. The van der Waals surface area contributed by atoms with E-state index in [2.05, 4.69) is 37.2 Å². The fourth-order valence-electron chi connectivity index (χ4n) is 2.55. The maximum Gasteiger partial charge on any atom is 0.329 e. The molecule has 0 saturated carbocycles. The van der Waals surface area contributed by atoms with Gasteiger partial charge in [-0.15, -0.1) is 0 Å². The average Bonchev–Trinajstić information content (AvgIpc) is 2.89. The largest absolute Gasteiger partial charge is 0.487 e. The molecule has 2 aromatic carbocycles. The maximum atomic E-state index is 12.2. The van der Waals surface area contributed by atoms with Crippen molar-refractivity contribution in [2.75, 3.05) is 6.54 Å². The molecule has 0 radical (unpaired) electrons. The molecule has 3 amide bonds. The van der Waals surface area contributed by atoms with E-state index in [1.54, 1.807) is 24.3 Å². The standard InChI is InChI=1S/C19H13Br2ClN2O5/c20-13-5-11(7-15-18(27)24(8-16(25)26)19(28)23-15)6-14(21)17(13)29-9-10-1-3-12(22)4-2-10/h1-7H,8-9H2,(H,23,28)(H,25,26)/b15-7+. The SMILES string of the molecule is O=C(O)CN1C(=O)N/C(=C/c2cc(Br)c(OCc3ccc(Cl)cc3)c(Br)c2)C1=O. The van der Waals surface area contributed by atoms with Gasteiger partial charge in [0.1, 0.15) is 24.6 Å². The summed E-state index contributed by atoms with van der Waals surface area (Å²) >= 11 is 12.8. The van der Waals surface area contributed by atoms with Crippen molar-refractivity contribution in [3.8, 4) is 5.75 Å². The number of benzene rings is 2. The lowest BCUT2D eigenvalue weighted by molar-refractivity contribution is -0.140. The minimum absolute atomic E-state index is 0.00937. The molecule has 1 fully saturated rings. The molecule has 1 aliphatic heterocycles. The van der Waals surface area contributed by atoms with E-state index in [1.165, 1.54) is 6.08 Å². The van der Waals surface area contributed by atoms with E-state index in [0.717, 1.165) is 5.56 Å². The molecule has 0 unspecified atom stereocenters. The predicted octanol–water partition coefficient (Wildman–Crippen LogP) is 4.42. The van der Waals surface area contributed by atoms with Crippen LogP contribution >= 0.6 is 43.5 Å². The van der Waals surface area contributed by atoms with Crippen molar-refractivity contribution in [1.82, 2.24) is 10.2 Å². The molecule has 29 heavy (non-hydrogen) atoms. The van der Waals surface area contributed by atoms with E-state index < -0.39 is 24.5 Å². The number of imide groups is 1. The fraction of sp³-hybridized carbons (Fsp3) is 0.105. The Morgan fingerprint density at radius 2 is 1.79 bits per heavy atom. The number of carboxylic acids is 1. The van der Waals surface area contributed by atoms with Crippen molar-refractivity contribution in [3.63, 3.8) is 0 Å². The number of carbonyl (C=O) groups excluding carboxylic acids is 2. The molecule has 0 atom stereocenters. The third kappa shape index (κ3) is 5.17. The summed E-state index contributed by atoms with van der Waals surface area (Å²) < 4.78 is 7.11. The topological polar surface area (TPSA) is 95.9 Å². The van der Waals surface area contributed by atoms with Gasteiger partial charge in [-0.1, -0.05) is 23.7 Å². The van der Waals surface area contributed by atoms with Crippen LogP contribution in [0.1, 0.15) is 11.1 Å². The zero-order valence-corrected chi connectivity index (χ0v) is 18.5. The third-order valence-electron chi connectivity index (χ3n) is 3.88. The van der Waals surface area contributed by atoms with Crippen LogP contribution in [0.25, 0.3) is 6.08 Å². The molecule has 0 aliphatic carbocycles. The molecule has 0 bridgehead atoms. The lowest BCUT2D eigenvalue weighted by Crippen LogP contribution is -2.35. The molecule has 1 aliphatic rings. The maximum absolute atomic E-state index is 12.2. The Bertz CT molecular complexity index is 1000. The molecule has 2 N–H and O–H groups in total. The van der Waals surface area contributed by atoms with Crippen LogP contribution in [0.2, 0.25) is 5.02 Å². The van der Waals surface area contributed by atoms with Crippen LogP contribution < -0.4 is 10.1 Å². The van der Waals surface area contributed by atoms with E-state index in [0.29, 0.717) is 36.8 Å². The van der Waals surface area contributed by atoms with Crippen LogP contribution in [0.4, 0.5) is 4.79 Å². The van der Waals surface area contributed by atoms with Crippen molar-refractivity contribution in [2.45, 2.75) is 6.61 Å². The van der Waals surface area contributed by atoms with Crippen LogP contribution in [0.15, 0.2) is 51.0 Å². The van der Waals surface area contributed by atoms with Gasteiger partial charge in [0, 0.05) is 5.02 Å². The van der Waals surface area contributed by atoms with Gasteiger partial charge in [-0.2, -0.15) is 0 Å². The number of nitrogens with zero attached hydrogens (tertiary/aromatic N) is 1. The van der Waals surface area contributed by atoms with E-state index in [1.807, 2.05) is 12.1 Å². The Morgan fingerprint density at radius 1 is 1.17 bits per heavy atom. The molecular formula is C19H13Br2ClN2O5. The molecule has 1 saturated heterocycles. The molecule has 150 valence electrons. The lowest BCUT2D eigenvalue weighted by atomic mass is 10.2. The van der Waals surface area contributed by atoms with Crippen molar-refractivity contribution < 1.29 is 24.2 Å². The summed E-state index contributed by atoms with van der Waals surface area (Å²) in [7, 11) is 0. The van der Waals surface area contributed by atoms with Crippen LogP contribution in [0.3, 0.4) is 0 Å². The third-order valence-corrected chi connectivity index (χ3v) is 5.31. The van der Waals surface area contributed by atoms with Crippen LogP contribution in [0, 0.1) is 0 Å². The number of aliphatic carboxylic acids is 1. The fourth-order valence-corrected chi connectivity index (χ4v) is 4.13. The lowest BCUT2D eigenvalue weighted by Gasteiger charge is -2.12. The number of hydrogen-bond donors (Lipinski definition) is 2. The molecular weight excluding hydrogens is 531 g/mol. The van der Waals surface area contributed by atoms with E-state index in [4.69, 9.17) is 21.4 Å². The Kier molecular flexibility index (Phi) is 6.61. The van der Waals surface area contributed by atoms with Gasteiger partial charge in [0.2, 0.25) is 0 Å². The summed E-state index contributed by atoms with van der Waals surface area (Å²) in [5, 5.41) is 11.8. The number of amides is 3. The van der Waals surface area contributed by atoms with E-state index >= 15 is 0 Å². The number of rotatable bonds is 6. The van der Waals surface area contributed by atoms with Gasteiger partial charge >= 0.3 is 12.0 Å². The van der Waals surface area contributed by atoms with Crippen LogP contribution in [0.5, 0.6) is 5.75 Å². The molecule has 7 nitrogen and oxygen atoms in total. The van der Waals surface area contributed by atoms with Gasteiger partial charge in [0.15, 0.2) is 0 Å². The van der Waals surface area contributed by atoms with Gasteiger partial charge in [0.25, 0.3) is 5.91 Å². The summed E-state index contributed by atoms with van der Waals surface area (Å²) in [5.74, 6) is -1.41. The van der Waals surface area contributed by atoms with Crippen LogP contribution in [-0.2, 0) is 16.2 Å². The van der Waals surface area contributed by atoms with Crippen molar-refractivity contribution in [3.05, 3.63) is 67.2 Å². The number of carboxylic acid groups (broad SMARTS) is 1. The second-order valence-corrected chi connectivity index (χ2v) is 8.15. The summed E-state index contributed by atoms with van der Waals surface area (Å²) in [6.45, 7) is -0.375. The van der Waals surface area contributed by atoms with Gasteiger partial charge in [0.05, 0.1) is 8.95 Å². The summed E-state index contributed by atoms with van der Waals surface area (Å²) in [6, 6.07) is 9.94. The highest BCUT2D eigenvalue weighted by molar-refractivity contribution is 9.11. The second-order valence-electron chi connectivity index (χ2n) is 6.00. The number of nitrogens with one attached hydrogen (secondary N) is 1.